The Bertz CT molecular complexity index is 847. The highest BCUT2D eigenvalue weighted by atomic mass is 35.5. The second-order valence-corrected chi connectivity index (χ2v) is 7.51. The smallest absolute Gasteiger partial charge is 0.262 e. The fourth-order valence-corrected chi connectivity index (χ4v) is 3.46. The quantitative estimate of drug-likeness (QED) is 0.736. The van der Waals surface area contributed by atoms with Gasteiger partial charge < -0.3 is 15.4 Å². The van der Waals surface area contributed by atoms with Gasteiger partial charge in [-0.2, -0.15) is 0 Å². The molecule has 0 spiro atoms. The zero-order valence-electron chi connectivity index (χ0n) is 16.0. The molecule has 0 bridgehead atoms. The van der Waals surface area contributed by atoms with Crippen molar-refractivity contribution in [2.75, 3.05) is 11.9 Å². The molecule has 0 heterocycles. The molecule has 3 rings (SSSR count). The molecule has 0 atom stereocenters. The van der Waals surface area contributed by atoms with Gasteiger partial charge in [0.1, 0.15) is 5.75 Å². The summed E-state index contributed by atoms with van der Waals surface area (Å²) in [7, 11) is 0. The van der Waals surface area contributed by atoms with Crippen molar-refractivity contribution in [2.24, 2.45) is 0 Å². The van der Waals surface area contributed by atoms with Crippen LogP contribution in [0.2, 0.25) is 5.02 Å². The normalized spacial score (nSPS) is 14.4. The summed E-state index contributed by atoms with van der Waals surface area (Å²) in [6.45, 7) is 1.72. The molecule has 0 saturated heterocycles. The molecule has 5 nitrogen and oxygen atoms in total. The minimum atomic E-state index is -0.328. The van der Waals surface area contributed by atoms with Crippen LogP contribution in [0.5, 0.6) is 5.75 Å². The Hall–Kier alpha value is -2.53. The number of benzene rings is 2. The van der Waals surface area contributed by atoms with Gasteiger partial charge in [-0.3, -0.25) is 9.59 Å². The highest BCUT2D eigenvalue weighted by Gasteiger charge is 2.19. The van der Waals surface area contributed by atoms with Gasteiger partial charge in [0.15, 0.2) is 6.61 Å². The first-order chi connectivity index (χ1) is 13.5. The number of carbonyl (C=O) groups is 2. The van der Waals surface area contributed by atoms with Crippen LogP contribution in [0.15, 0.2) is 42.5 Å². The largest absolute Gasteiger partial charge is 0.484 e. The lowest BCUT2D eigenvalue weighted by atomic mass is 9.95. The number of nitrogens with one attached hydrogen (secondary N) is 2. The molecule has 1 aliphatic rings. The second-order valence-electron chi connectivity index (χ2n) is 7.10. The minimum absolute atomic E-state index is 0.153. The van der Waals surface area contributed by atoms with Gasteiger partial charge >= 0.3 is 0 Å². The zero-order chi connectivity index (χ0) is 19.9. The Balaban J connectivity index is 1.59. The van der Waals surface area contributed by atoms with Crippen molar-refractivity contribution in [1.29, 1.82) is 0 Å². The first-order valence-electron chi connectivity index (χ1n) is 9.61. The molecule has 2 amide bonds. The van der Waals surface area contributed by atoms with E-state index in [1.165, 1.54) is 6.42 Å². The molecular weight excluding hydrogens is 376 g/mol. The molecule has 6 heteroatoms. The summed E-state index contributed by atoms with van der Waals surface area (Å²) in [4.78, 5) is 25.0. The number of hydrogen-bond donors (Lipinski definition) is 2. The van der Waals surface area contributed by atoms with Crippen LogP contribution < -0.4 is 15.4 Å². The van der Waals surface area contributed by atoms with Crippen LogP contribution >= 0.6 is 11.6 Å². The minimum Gasteiger partial charge on any atom is -0.484 e. The third-order valence-electron chi connectivity index (χ3n) is 4.89. The summed E-state index contributed by atoms with van der Waals surface area (Å²) in [5.74, 6) is 0.0861. The van der Waals surface area contributed by atoms with Crippen LogP contribution in [0.4, 0.5) is 5.69 Å². The van der Waals surface area contributed by atoms with Crippen molar-refractivity contribution in [2.45, 2.75) is 45.1 Å². The summed E-state index contributed by atoms with van der Waals surface area (Å²) in [5, 5.41) is 6.51. The number of hydrogen-bond acceptors (Lipinski definition) is 3. The Kier molecular flexibility index (Phi) is 6.93. The van der Waals surface area contributed by atoms with E-state index in [0.717, 1.165) is 31.2 Å². The summed E-state index contributed by atoms with van der Waals surface area (Å²) in [5.41, 5.74) is 1.82. The fraction of sp³-hybridized carbons (Fsp3) is 0.364. The third kappa shape index (κ3) is 5.49. The number of halogens is 1. The van der Waals surface area contributed by atoms with Crippen LogP contribution in [0.3, 0.4) is 0 Å². The molecule has 148 valence electrons. The van der Waals surface area contributed by atoms with Crippen LogP contribution in [0, 0.1) is 6.92 Å². The molecule has 1 fully saturated rings. The second kappa shape index (κ2) is 9.60. The number of anilines is 1. The Morgan fingerprint density at radius 2 is 1.86 bits per heavy atom. The lowest BCUT2D eigenvalue weighted by Gasteiger charge is -2.23. The van der Waals surface area contributed by atoms with Crippen LogP contribution in [-0.4, -0.2) is 24.5 Å². The van der Waals surface area contributed by atoms with E-state index in [0.29, 0.717) is 22.0 Å². The average Bonchev–Trinajstić information content (AvgIpc) is 2.70. The van der Waals surface area contributed by atoms with Crippen molar-refractivity contribution in [3.63, 3.8) is 0 Å². The maximum Gasteiger partial charge on any atom is 0.262 e. The van der Waals surface area contributed by atoms with E-state index >= 15 is 0 Å². The third-order valence-corrected chi connectivity index (χ3v) is 5.31. The monoisotopic (exact) mass is 400 g/mol. The van der Waals surface area contributed by atoms with Gasteiger partial charge in [-0.05, 0) is 55.7 Å². The predicted molar refractivity (Wildman–Crippen MR) is 111 cm³/mol. The van der Waals surface area contributed by atoms with Gasteiger partial charge in [-0.25, -0.2) is 0 Å². The number of ether oxygens (including phenoxy) is 1. The number of carbonyl (C=O) groups excluding carboxylic acids is 2. The van der Waals surface area contributed by atoms with Gasteiger partial charge in [-0.15, -0.1) is 0 Å². The van der Waals surface area contributed by atoms with Gasteiger partial charge in [-0.1, -0.05) is 43.0 Å². The molecule has 2 aromatic carbocycles. The summed E-state index contributed by atoms with van der Waals surface area (Å²) in [6.07, 6.45) is 5.53. The zero-order valence-corrected chi connectivity index (χ0v) is 16.7. The van der Waals surface area contributed by atoms with E-state index < -0.39 is 0 Å². The maximum absolute atomic E-state index is 12.7. The molecule has 1 aliphatic carbocycles. The van der Waals surface area contributed by atoms with E-state index in [1.54, 1.807) is 42.5 Å². The van der Waals surface area contributed by atoms with Crippen molar-refractivity contribution in [1.82, 2.24) is 5.32 Å². The summed E-state index contributed by atoms with van der Waals surface area (Å²) in [6, 6.07) is 12.5. The number of aryl methyl sites for hydroxylation is 1. The molecule has 0 aliphatic heterocycles. The first kappa shape index (κ1) is 20.2. The molecular formula is C22H25ClN2O3. The van der Waals surface area contributed by atoms with Gasteiger partial charge in [0, 0.05) is 11.1 Å². The van der Waals surface area contributed by atoms with Crippen molar-refractivity contribution in [3.05, 3.63) is 58.6 Å². The van der Waals surface area contributed by atoms with Crippen molar-refractivity contribution < 1.29 is 14.3 Å². The van der Waals surface area contributed by atoms with Crippen molar-refractivity contribution >= 4 is 29.1 Å². The Morgan fingerprint density at radius 3 is 2.61 bits per heavy atom. The number of amides is 2. The van der Waals surface area contributed by atoms with Crippen LogP contribution in [-0.2, 0) is 4.79 Å². The van der Waals surface area contributed by atoms with Crippen molar-refractivity contribution in [3.8, 4) is 5.75 Å². The molecule has 28 heavy (non-hydrogen) atoms. The van der Waals surface area contributed by atoms with E-state index in [1.807, 2.05) is 6.92 Å². The first-order valence-corrected chi connectivity index (χ1v) is 9.99. The Morgan fingerprint density at radius 1 is 1.11 bits per heavy atom. The lowest BCUT2D eigenvalue weighted by molar-refractivity contribution is -0.118. The SMILES string of the molecule is Cc1cc(OCC(=O)Nc2ccccc2C(=O)NC2CCCCC2)ccc1Cl. The lowest BCUT2D eigenvalue weighted by Crippen LogP contribution is -2.36. The molecule has 0 unspecified atom stereocenters. The Labute approximate surface area is 170 Å². The standard InChI is InChI=1S/C22H25ClN2O3/c1-15-13-17(11-12-19(15)23)28-14-21(26)25-20-10-6-5-9-18(20)22(27)24-16-7-3-2-4-8-16/h5-6,9-13,16H,2-4,7-8,14H2,1H3,(H,24,27)(H,25,26). The molecule has 0 aromatic heterocycles. The highest BCUT2D eigenvalue weighted by Crippen LogP contribution is 2.22. The maximum atomic E-state index is 12.7. The van der Waals surface area contributed by atoms with Crippen LogP contribution in [0.1, 0.15) is 48.0 Å². The van der Waals surface area contributed by atoms with Crippen LogP contribution in [0.25, 0.3) is 0 Å². The topological polar surface area (TPSA) is 67.4 Å². The molecule has 2 aromatic rings. The van der Waals surface area contributed by atoms with E-state index in [4.69, 9.17) is 16.3 Å². The number of rotatable bonds is 6. The molecule has 2 N–H and O–H groups in total. The average molecular weight is 401 g/mol. The van der Waals surface area contributed by atoms with Gasteiger partial charge in [0.25, 0.3) is 11.8 Å². The van der Waals surface area contributed by atoms with Gasteiger partial charge in [0.05, 0.1) is 11.3 Å². The van der Waals surface area contributed by atoms with E-state index in [-0.39, 0.29) is 24.5 Å². The van der Waals surface area contributed by atoms with E-state index in [9.17, 15) is 9.59 Å². The van der Waals surface area contributed by atoms with Gasteiger partial charge in [0.2, 0.25) is 0 Å². The molecule has 0 radical (unpaired) electrons. The fourth-order valence-electron chi connectivity index (χ4n) is 3.34. The highest BCUT2D eigenvalue weighted by molar-refractivity contribution is 6.31. The summed E-state index contributed by atoms with van der Waals surface area (Å²) < 4.78 is 5.53. The van der Waals surface area contributed by atoms with E-state index in [2.05, 4.69) is 10.6 Å². The predicted octanol–water partition coefficient (Wildman–Crippen LogP) is 4.73. The molecule has 1 saturated carbocycles. The summed E-state index contributed by atoms with van der Waals surface area (Å²) >= 11 is 5.99. The number of para-hydroxylation sites is 1.